The van der Waals surface area contributed by atoms with Gasteiger partial charge in [-0.1, -0.05) is 12.1 Å². The number of hydrogen-bond donors (Lipinski definition) is 3. The standard InChI is InChI=1S/C27H34N4O6/c1-34-15-16-35-20-37-25-9-7-24(8-10-25)36-19-23(32)18-28-14-11-21-3-5-22(6-4-21)31-27(33)17-26-29-12-2-13-30-26/h2-10,12-13,23,28,32H,11,14-20H2,1H3,(H,31,33)/t23-/m0/s1. The van der Waals surface area contributed by atoms with Crippen molar-refractivity contribution in [3.8, 4) is 11.5 Å². The van der Waals surface area contributed by atoms with Crippen LogP contribution in [0.5, 0.6) is 11.5 Å². The Kier molecular flexibility index (Phi) is 12.3. The fourth-order valence-corrected chi connectivity index (χ4v) is 3.22. The van der Waals surface area contributed by atoms with Crippen molar-refractivity contribution in [2.45, 2.75) is 18.9 Å². The fraction of sp³-hybridized carbons (Fsp3) is 0.370. The Balaban J connectivity index is 1.26. The van der Waals surface area contributed by atoms with Gasteiger partial charge in [0.1, 0.15) is 30.0 Å². The molecular formula is C27H34N4O6. The maximum atomic E-state index is 12.1. The lowest BCUT2D eigenvalue weighted by atomic mass is 10.1. The molecule has 3 aromatic rings. The smallest absolute Gasteiger partial charge is 0.232 e. The van der Waals surface area contributed by atoms with Crippen LogP contribution in [-0.2, 0) is 27.1 Å². The number of carbonyl (C=O) groups is 1. The number of nitrogens with one attached hydrogen (secondary N) is 2. The number of aliphatic hydroxyl groups is 1. The third-order valence-electron chi connectivity index (χ3n) is 5.15. The number of ether oxygens (including phenoxy) is 4. The van der Waals surface area contributed by atoms with E-state index in [4.69, 9.17) is 18.9 Å². The molecule has 3 N–H and O–H groups in total. The molecule has 37 heavy (non-hydrogen) atoms. The third kappa shape index (κ3) is 11.4. The molecule has 0 radical (unpaired) electrons. The molecular weight excluding hydrogens is 476 g/mol. The van der Waals surface area contributed by atoms with Crippen LogP contribution in [0.1, 0.15) is 11.4 Å². The van der Waals surface area contributed by atoms with E-state index in [0.717, 1.165) is 17.7 Å². The Labute approximate surface area is 217 Å². The molecule has 1 aromatic heterocycles. The molecule has 0 bridgehead atoms. The maximum absolute atomic E-state index is 12.1. The van der Waals surface area contributed by atoms with Crippen molar-refractivity contribution in [2.24, 2.45) is 0 Å². The van der Waals surface area contributed by atoms with Crippen LogP contribution >= 0.6 is 0 Å². The molecule has 1 amide bonds. The fourth-order valence-electron chi connectivity index (χ4n) is 3.22. The summed E-state index contributed by atoms with van der Waals surface area (Å²) in [4.78, 5) is 20.2. The molecule has 0 aliphatic carbocycles. The van der Waals surface area contributed by atoms with Gasteiger partial charge in [-0.3, -0.25) is 4.79 Å². The van der Waals surface area contributed by atoms with Crippen LogP contribution in [0.4, 0.5) is 5.69 Å². The van der Waals surface area contributed by atoms with E-state index in [-0.39, 0.29) is 25.7 Å². The van der Waals surface area contributed by atoms with Crippen molar-refractivity contribution in [3.63, 3.8) is 0 Å². The van der Waals surface area contributed by atoms with E-state index >= 15 is 0 Å². The van der Waals surface area contributed by atoms with E-state index in [2.05, 4.69) is 20.6 Å². The van der Waals surface area contributed by atoms with Crippen LogP contribution < -0.4 is 20.1 Å². The highest BCUT2D eigenvalue weighted by atomic mass is 16.7. The zero-order chi connectivity index (χ0) is 26.1. The van der Waals surface area contributed by atoms with Crippen molar-refractivity contribution in [3.05, 3.63) is 78.4 Å². The zero-order valence-corrected chi connectivity index (χ0v) is 21.0. The van der Waals surface area contributed by atoms with Crippen LogP contribution in [0.15, 0.2) is 67.0 Å². The summed E-state index contributed by atoms with van der Waals surface area (Å²) in [7, 11) is 1.62. The summed E-state index contributed by atoms with van der Waals surface area (Å²) >= 11 is 0. The average molecular weight is 511 g/mol. The summed E-state index contributed by atoms with van der Waals surface area (Å²) in [5, 5.41) is 16.3. The Bertz CT molecular complexity index is 1040. The van der Waals surface area contributed by atoms with E-state index in [1.54, 1.807) is 49.8 Å². The largest absolute Gasteiger partial charge is 0.491 e. The Morgan fingerprint density at radius 1 is 0.973 bits per heavy atom. The molecule has 198 valence electrons. The van der Waals surface area contributed by atoms with E-state index in [9.17, 15) is 9.90 Å². The Morgan fingerprint density at radius 3 is 2.38 bits per heavy atom. The lowest BCUT2D eigenvalue weighted by Crippen LogP contribution is -2.32. The van der Waals surface area contributed by atoms with Gasteiger partial charge in [-0.25, -0.2) is 9.97 Å². The van der Waals surface area contributed by atoms with Crippen molar-refractivity contribution < 1.29 is 28.8 Å². The van der Waals surface area contributed by atoms with Crippen molar-refractivity contribution >= 4 is 11.6 Å². The highest BCUT2D eigenvalue weighted by Gasteiger charge is 2.07. The number of amides is 1. The number of nitrogens with zero attached hydrogens (tertiary/aromatic N) is 2. The minimum atomic E-state index is -0.642. The predicted octanol–water partition coefficient (Wildman–Crippen LogP) is 2.23. The molecule has 0 aliphatic rings. The molecule has 0 saturated carbocycles. The average Bonchev–Trinajstić information content (AvgIpc) is 2.92. The van der Waals surface area contributed by atoms with Crippen molar-refractivity contribution in [2.75, 3.05) is 52.1 Å². The van der Waals surface area contributed by atoms with Gasteiger partial charge >= 0.3 is 0 Å². The maximum Gasteiger partial charge on any atom is 0.232 e. The molecule has 1 atom stereocenters. The van der Waals surface area contributed by atoms with Crippen LogP contribution in [0.3, 0.4) is 0 Å². The summed E-state index contributed by atoms with van der Waals surface area (Å²) in [5.74, 6) is 1.64. The predicted molar refractivity (Wildman–Crippen MR) is 139 cm³/mol. The second-order valence-electron chi connectivity index (χ2n) is 8.14. The number of anilines is 1. The van der Waals surface area contributed by atoms with Gasteiger partial charge in [-0.2, -0.15) is 0 Å². The molecule has 0 fully saturated rings. The first-order chi connectivity index (χ1) is 18.1. The normalized spacial score (nSPS) is 11.6. The van der Waals surface area contributed by atoms with Gasteiger partial charge < -0.3 is 34.7 Å². The van der Waals surface area contributed by atoms with E-state index in [1.807, 2.05) is 24.3 Å². The van der Waals surface area contributed by atoms with Gasteiger partial charge in [-0.05, 0) is 61.0 Å². The van der Waals surface area contributed by atoms with Crippen LogP contribution in [0, 0.1) is 0 Å². The topological polar surface area (TPSA) is 124 Å². The second kappa shape index (κ2) is 16.2. The van der Waals surface area contributed by atoms with Crippen LogP contribution in [0.25, 0.3) is 0 Å². The van der Waals surface area contributed by atoms with E-state index < -0.39 is 6.10 Å². The Hall–Kier alpha value is -3.57. The molecule has 1 heterocycles. The first kappa shape index (κ1) is 28.0. The highest BCUT2D eigenvalue weighted by Crippen LogP contribution is 2.17. The monoisotopic (exact) mass is 510 g/mol. The molecule has 0 saturated heterocycles. The second-order valence-corrected chi connectivity index (χ2v) is 8.14. The molecule has 0 spiro atoms. The number of aromatic nitrogens is 2. The minimum absolute atomic E-state index is 0.128. The summed E-state index contributed by atoms with van der Waals surface area (Å²) < 4.78 is 21.3. The van der Waals surface area contributed by atoms with Crippen molar-refractivity contribution in [1.82, 2.24) is 15.3 Å². The minimum Gasteiger partial charge on any atom is -0.491 e. The van der Waals surface area contributed by atoms with E-state index in [1.165, 1.54) is 0 Å². The Morgan fingerprint density at radius 2 is 1.68 bits per heavy atom. The van der Waals surface area contributed by atoms with Crippen LogP contribution in [0.2, 0.25) is 0 Å². The first-order valence-electron chi connectivity index (χ1n) is 12.1. The van der Waals surface area contributed by atoms with Crippen molar-refractivity contribution in [1.29, 1.82) is 0 Å². The summed E-state index contributed by atoms with van der Waals surface area (Å²) in [6.07, 6.45) is 3.50. The summed E-state index contributed by atoms with van der Waals surface area (Å²) in [6, 6.07) is 16.5. The van der Waals surface area contributed by atoms with E-state index in [0.29, 0.717) is 43.6 Å². The first-order valence-corrected chi connectivity index (χ1v) is 12.1. The quantitative estimate of drug-likeness (QED) is 0.185. The third-order valence-corrected chi connectivity index (χ3v) is 5.15. The summed E-state index contributed by atoms with van der Waals surface area (Å²) in [6.45, 7) is 2.44. The van der Waals surface area contributed by atoms with Gasteiger partial charge in [0, 0.05) is 31.7 Å². The van der Waals surface area contributed by atoms with Gasteiger partial charge in [0.25, 0.3) is 0 Å². The number of carbonyl (C=O) groups excluding carboxylic acids is 1. The molecule has 10 heteroatoms. The number of rotatable bonds is 17. The number of aliphatic hydroxyl groups excluding tert-OH is 1. The SMILES string of the molecule is COCCOCOc1ccc(OC[C@@H](O)CNCCc2ccc(NC(=O)Cc3ncccn3)cc2)cc1. The summed E-state index contributed by atoms with van der Waals surface area (Å²) in [5.41, 5.74) is 1.84. The van der Waals surface area contributed by atoms with Gasteiger partial charge in [0.05, 0.1) is 19.6 Å². The molecule has 0 aliphatic heterocycles. The highest BCUT2D eigenvalue weighted by molar-refractivity contribution is 5.91. The van der Waals surface area contributed by atoms with Gasteiger partial charge in [0.15, 0.2) is 6.79 Å². The molecule has 3 rings (SSSR count). The van der Waals surface area contributed by atoms with Gasteiger partial charge in [-0.15, -0.1) is 0 Å². The number of methoxy groups -OCH3 is 1. The lowest BCUT2D eigenvalue weighted by molar-refractivity contribution is -0.115. The van der Waals surface area contributed by atoms with Crippen LogP contribution in [-0.4, -0.2) is 73.9 Å². The molecule has 0 unspecified atom stereocenters. The lowest BCUT2D eigenvalue weighted by Gasteiger charge is -2.14. The molecule has 10 nitrogen and oxygen atoms in total. The zero-order valence-electron chi connectivity index (χ0n) is 21.0. The molecule has 2 aromatic carbocycles. The van der Waals surface area contributed by atoms with Gasteiger partial charge in [0.2, 0.25) is 5.91 Å². The number of benzene rings is 2. The number of hydrogen-bond acceptors (Lipinski definition) is 9.